The monoisotopic (exact) mass is 332 g/mol. The van der Waals surface area contributed by atoms with Gasteiger partial charge in [-0.25, -0.2) is 4.68 Å². The van der Waals surface area contributed by atoms with Crippen LogP contribution in [0, 0.1) is 25.2 Å². The van der Waals surface area contributed by atoms with Crippen molar-refractivity contribution in [2.24, 2.45) is 5.73 Å². The molecule has 124 valence electrons. The van der Waals surface area contributed by atoms with Crippen LogP contribution >= 0.6 is 0 Å². The molecule has 0 saturated heterocycles. The summed E-state index contributed by atoms with van der Waals surface area (Å²) >= 11 is 0. The van der Waals surface area contributed by atoms with Gasteiger partial charge in [0, 0.05) is 0 Å². The first kappa shape index (κ1) is 15.1. The Morgan fingerprint density at radius 2 is 1.96 bits per heavy atom. The highest BCUT2D eigenvalue weighted by Gasteiger charge is 2.37. The first-order valence-corrected chi connectivity index (χ1v) is 7.87. The van der Waals surface area contributed by atoms with Crippen molar-refractivity contribution in [2.75, 3.05) is 0 Å². The molecule has 1 aromatic carbocycles. The lowest BCUT2D eigenvalue weighted by atomic mass is 9.88. The summed E-state index contributed by atoms with van der Waals surface area (Å²) in [5, 5.41) is 14.2. The van der Waals surface area contributed by atoms with Gasteiger partial charge in [0.05, 0.1) is 29.1 Å². The lowest BCUT2D eigenvalue weighted by Gasteiger charge is -2.23. The maximum atomic E-state index is 9.56. The summed E-state index contributed by atoms with van der Waals surface area (Å²) < 4.78 is 13.1. The first-order chi connectivity index (χ1) is 12.1. The van der Waals surface area contributed by atoms with Gasteiger partial charge in [0.15, 0.2) is 0 Å². The van der Waals surface area contributed by atoms with Gasteiger partial charge in [-0.1, -0.05) is 17.7 Å². The molecule has 1 atom stereocenters. The molecule has 4 rings (SSSR count). The van der Waals surface area contributed by atoms with E-state index >= 15 is 0 Å². The van der Waals surface area contributed by atoms with Crippen molar-refractivity contribution in [2.45, 2.75) is 19.8 Å². The smallest absolute Gasteiger partial charge is 0.229 e. The highest BCUT2D eigenvalue weighted by atomic mass is 16.5. The molecular weight excluding hydrogens is 316 g/mol. The molecule has 6 nitrogen and oxygen atoms in total. The summed E-state index contributed by atoms with van der Waals surface area (Å²) in [6, 6.07) is 13.7. The number of hydrogen-bond donors (Lipinski definition) is 1. The van der Waals surface area contributed by atoms with E-state index in [1.165, 1.54) is 0 Å². The zero-order chi connectivity index (χ0) is 17.6. The number of aryl methyl sites for hydroxylation is 2. The normalized spacial score (nSPS) is 16.3. The Labute approximate surface area is 144 Å². The van der Waals surface area contributed by atoms with Gasteiger partial charge in [0.2, 0.25) is 11.8 Å². The van der Waals surface area contributed by atoms with Crippen molar-refractivity contribution >= 4 is 0 Å². The van der Waals surface area contributed by atoms with Crippen molar-refractivity contribution in [3.05, 3.63) is 76.7 Å². The Kier molecular flexibility index (Phi) is 3.36. The predicted octanol–water partition coefficient (Wildman–Crippen LogP) is 3.30. The van der Waals surface area contributed by atoms with Crippen LogP contribution in [0.1, 0.15) is 28.5 Å². The van der Waals surface area contributed by atoms with E-state index in [1.807, 2.05) is 44.2 Å². The van der Waals surface area contributed by atoms with E-state index in [9.17, 15) is 5.26 Å². The number of nitrogens with zero attached hydrogens (tertiary/aromatic N) is 3. The maximum absolute atomic E-state index is 9.56. The molecule has 1 aliphatic rings. The summed E-state index contributed by atoms with van der Waals surface area (Å²) in [5.41, 5.74) is 9.93. The minimum Gasteiger partial charge on any atom is -0.468 e. The molecule has 1 aliphatic heterocycles. The Morgan fingerprint density at radius 3 is 2.60 bits per heavy atom. The maximum Gasteiger partial charge on any atom is 0.229 e. The van der Waals surface area contributed by atoms with Gasteiger partial charge in [0.25, 0.3) is 0 Å². The Morgan fingerprint density at radius 1 is 1.20 bits per heavy atom. The predicted molar refractivity (Wildman–Crippen MR) is 91.0 cm³/mol. The molecule has 0 bridgehead atoms. The second kappa shape index (κ2) is 5.56. The number of nitriles is 1. The number of hydrogen-bond acceptors (Lipinski definition) is 5. The SMILES string of the molecule is Cc1ccc(-n2nc(C)c3c2OC(N)=C(C#N)[C@@H]3c2ccco2)cc1. The van der Waals surface area contributed by atoms with E-state index in [0.29, 0.717) is 17.2 Å². The summed E-state index contributed by atoms with van der Waals surface area (Å²) in [6.07, 6.45) is 1.58. The Hall–Kier alpha value is -3.46. The van der Waals surface area contributed by atoms with Crippen LogP contribution in [0.4, 0.5) is 0 Å². The second-order valence-electron chi connectivity index (χ2n) is 5.99. The van der Waals surface area contributed by atoms with E-state index in [0.717, 1.165) is 22.5 Å². The third-order valence-corrected chi connectivity index (χ3v) is 4.34. The van der Waals surface area contributed by atoms with Crippen molar-refractivity contribution in [3.8, 4) is 17.6 Å². The standard InChI is InChI=1S/C19H16N4O2/c1-11-5-7-13(8-6-11)23-19-16(12(2)22-23)17(15-4-3-9-24-15)14(10-20)18(21)25-19/h3-9,17H,21H2,1-2H3/t17-/m1/s1. The molecule has 0 radical (unpaired) electrons. The van der Waals surface area contributed by atoms with Gasteiger partial charge in [-0.15, -0.1) is 0 Å². The zero-order valence-electron chi connectivity index (χ0n) is 13.9. The average Bonchev–Trinajstić information content (AvgIpc) is 3.23. The minimum atomic E-state index is -0.428. The van der Waals surface area contributed by atoms with Gasteiger partial charge >= 0.3 is 0 Å². The van der Waals surface area contributed by atoms with E-state index in [1.54, 1.807) is 17.0 Å². The van der Waals surface area contributed by atoms with Crippen LogP contribution in [-0.4, -0.2) is 9.78 Å². The fourth-order valence-corrected chi connectivity index (χ4v) is 3.12. The number of aromatic nitrogens is 2. The van der Waals surface area contributed by atoms with Crippen molar-refractivity contribution in [3.63, 3.8) is 0 Å². The minimum absolute atomic E-state index is 0.0738. The van der Waals surface area contributed by atoms with Crippen molar-refractivity contribution in [1.82, 2.24) is 9.78 Å². The largest absolute Gasteiger partial charge is 0.468 e. The van der Waals surface area contributed by atoms with E-state index in [-0.39, 0.29) is 5.88 Å². The third-order valence-electron chi connectivity index (χ3n) is 4.34. The molecule has 0 saturated carbocycles. The van der Waals surface area contributed by atoms with E-state index < -0.39 is 5.92 Å². The summed E-state index contributed by atoms with van der Waals surface area (Å²) in [6.45, 7) is 3.91. The van der Waals surface area contributed by atoms with Gasteiger partial charge in [0.1, 0.15) is 17.4 Å². The number of rotatable bonds is 2. The molecule has 2 N–H and O–H groups in total. The van der Waals surface area contributed by atoms with Gasteiger partial charge in [-0.2, -0.15) is 10.4 Å². The number of benzene rings is 1. The molecular formula is C19H16N4O2. The highest BCUT2D eigenvalue weighted by molar-refractivity contribution is 5.55. The third kappa shape index (κ3) is 2.29. The van der Waals surface area contributed by atoms with Crippen molar-refractivity contribution in [1.29, 1.82) is 5.26 Å². The van der Waals surface area contributed by atoms with Crippen LogP contribution < -0.4 is 10.5 Å². The lowest BCUT2D eigenvalue weighted by Crippen LogP contribution is -2.21. The Bertz CT molecular complexity index is 1010. The van der Waals surface area contributed by atoms with Gasteiger partial charge in [-0.3, -0.25) is 0 Å². The molecule has 0 unspecified atom stereocenters. The first-order valence-electron chi connectivity index (χ1n) is 7.87. The van der Waals surface area contributed by atoms with E-state index in [2.05, 4.69) is 11.2 Å². The second-order valence-corrected chi connectivity index (χ2v) is 5.99. The number of fused-ring (bicyclic) bond motifs is 1. The van der Waals surface area contributed by atoms with Crippen LogP contribution in [0.2, 0.25) is 0 Å². The summed E-state index contributed by atoms with van der Waals surface area (Å²) in [5.74, 6) is 0.794. The van der Waals surface area contributed by atoms with E-state index in [4.69, 9.17) is 14.9 Å². The highest BCUT2D eigenvalue weighted by Crippen LogP contribution is 2.44. The topological polar surface area (TPSA) is 90.0 Å². The summed E-state index contributed by atoms with van der Waals surface area (Å²) in [7, 11) is 0. The van der Waals surface area contributed by atoms with Crippen LogP contribution in [0.5, 0.6) is 5.88 Å². The summed E-state index contributed by atoms with van der Waals surface area (Å²) in [4.78, 5) is 0. The fraction of sp³-hybridized carbons (Fsp3) is 0.158. The molecule has 0 spiro atoms. The number of furan rings is 1. The number of ether oxygens (including phenoxy) is 1. The van der Waals surface area contributed by atoms with Crippen LogP contribution in [-0.2, 0) is 0 Å². The molecule has 3 aromatic rings. The molecule has 0 aliphatic carbocycles. The average molecular weight is 332 g/mol. The van der Waals surface area contributed by atoms with Crippen LogP contribution in [0.3, 0.4) is 0 Å². The number of nitrogens with two attached hydrogens (primary N) is 1. The zero-order valence-corrected chi connectivity index (χ0v) is 13.9. The quantitative estimate of drug-likeness (QED) is 0.777. The molecule has 2 aromatic heterocycles. The van der Waals surface area contributed by atoms with Gasteiger partial charge < -0.3 is 14.9 Å². The van der Waals surface area contributed by atoms with Gasteiger partial charge in [-0.05, 0) is 38.1 Å². The lowest BCUT2D eigenvalue weighted by molar-refractivity contribution is 0.360. The molecule has 0 fully saturated rings. The van der Waals surface area contributed by atoms with Crippen molar-refractivity contribution < 1.29 is 9.15 Å². The molecule has 6 heteroatoms. The molecule has 0 amide bonds. The van der Waals surface area contributed by atoms with Crippen LogP contribution in [0.25, 0.3) is 5.69 Å². The Balaban J connectivity index is 1.94. The van der Waals surface area contributed by atoms with Crippen LogP contribution in [0.15, 0.2) is 58.5 Å². The fourth-order valence-electron chi connectivity index (χ4n) is 3.12. The number of allylic oxidation sites excluding steroid dienone is 1. The molecule has 25 heavy (non-hydrogen) atoms. The molecule has 3 heterocycles.